The van der Waals surface area contributed by atoms with Gasteiger partial charge in [0.25, 0.3) is 0 Å². The van der Waals surface area contributed by atoms with Gasteiger partial charge in [0.1, 0.15) is 6.04 Å². The maximum atomic E-state index is 13.7. The van der Waals surface area contributed by atoms with Crippen molar-refractivity contribution < 1.29 is 19.1 Å². The summed E-state index contributed by atoms with van der Waals surface area (Å²) in [4.78, 5) is 38.7. The van der Waals surface area contributed by atoms with E-state index >= 15 is 0 Å². The molecule has 0 saturated heterocycles. The molecule has 1 aliphatic rings. The minimum absolute atomic E-state index is 0.0123. The van der Waals surface area contributed by atoms with E-state index in [4.69, 9.17) is 4.74 Å². The first-order valence-corrected chi connectivity index (χ1v) is 12.9. The molecule has 2 N–H and O–H groups in total. The average molecular weight is 483 g/mol. The molecule has 0 aromatic heterocycles. The van der Waals surface area contributed by atoms with Crippen molar-refractivity contribution in [3.8, 4) is 0 Å². The van der Waals surface area contributed by atoms with Crippen molar-refractivity contribution in [1.29, 1.82) is 0 Å². The normalized spacial score (nSPS) is 20.8. The molecule has 6 nitrogen and oxygen atoms in total. The number of nitrogens with one attached hydrogen (secondary N) is 2. The molecule has 0 heterocycles. The summed E-state index contributed by atoms with van der Waals surface area (Å²) in [6, 6.07) is 18.1. The number of para-hydroxylation sites is 1. The predicted octanol–water partition coefficient (Wildman–Crippen LogP) is 4.60. The van der Waals surface area contributed by atoms with E-state index in [9.17, 15) is 14.4 Å². The number of hydrogen-bond acceptors (Lipinski definition) is 5. The number of ether oxygens (including phenoxy) is 1. The molecule has 0 radical (unpaired) electrons. The molecule has 0 bridgehead atoms. The SMILES string of the molecule is CCOC1CCC(CSC(C)=O)(C(=O)N[C@@H](Cc2ccccc2)C(=O)Nc2ccccc2)CC1. The third-order valence-electron chi connectivity index (χ3n) is 6.27. The molecular weight excluding hydrogens is 448 g/mol. The maximum absolute atomic E-state index is 13.7. The summed E-state index contributed by atoms with van der Waals surface area (Å²) in [6.07, 6.45) is 3.29. The fraction of sp³-hybridized carbons (Fsp3) is 0.444. The summed E-state index contributed by atoms with van der Waals surface area (Å²) in [7, 11) is 0. The number of hydrogen-bond donors (Lipinski definition) is 2. The Morgan fingerprint density at radius 1 is 1.03 bits per heavy atom. The largest absolute Gasteiger partial charge is 0.379 e. The second kappa shape index (κ2) is 12.7. The quantitative estimate of drug-likeness (QED) is 0.517. The average Bonchev–Trinajstić information content (AvgIpc) is 2.84. The number of benzene rings is 2. The van der Waals surface area contributed by atoms with Crippen molar-refractivity contribution in [3.05, 3.63) is 66.2 Å². The smallest absolute Gasteiger partial charge is 0.247 e. The van der Waals surface area contributed by atoms with Crippen LogP contribution in [0, 0.1) is 5.41 Å². The second-order valence-corrected chi connectivity index (χ2v) is 9.94. The molecule has 2 aromatic carbocycles. The van der Waals surface area contributed by atoms with E-state index in [2.05, 4.69) is 10.6 Å². The summed E-state index contributed by atoms with van der Waals surface area (Å²) in [6.45, 7) is 4.14. The van der Waals surface area contributed by atoms with Crippen LogP contribution in [0.4, 0.5) is 5.69 Å². The van der Waals surface area contributed by atoms with E-state index in [1.807, 2.05) is 67.6 Å². The van der Waals surface area contributed by atoms with Gasteiger partial charge in [0.05, 0.1) is 11.5 Å². The van der Waals surface area contributed by atoms with Crippen LogP contribution in [0.25, 0.3) is 0 Å². The summed E-state index contributed by atoms with van der Waals surface area (Å²) in [5, 5.41) is 5.96. The molecule has 0 aliphatic heterocycles. The summed E-state index contributed by atoms with van der Waals surface area (Å²) in [5.74, 6) is -0.0214. The third-order valence-corrected chi connectivity index (χ3v) is 7.37. The molecule has 1 aliphatic carbocycles. The highest BCUT2D eigenvalue weighted by Crippen LogP contribution is 2.40. The van der Waals surface area contributed by atoms with Crippen LogP contribution in [0.2, 0.25) is 0 Å². The lowest BCUT2D eigenvalue weighted by Crippen LogP contribution is -2.53. The molecule has 1 atom stereocenters. The minimum Gasteiger partial charge on any atom is -0.379 e. The molecule has 1 saturated carbocycles. The Balaban J connectivity index is 1.79. The van der Waals surface area contributed by atoms with Crippen LogP contribution in [0.1, 0.15) is 45.1 Å². The molecule has 2 amide bonds. The Morgan fingerprint density at radius 2 is 1.65 bits per heavy atom. The monoisotopic (exact) mass is 482 g/mol. The van der Waals surface area contributed by atoms with Crippen LogP contribution in [0.15, 0.2) is 60.7 Å². The molecule has 0 spiro atoms. The predicted molar refractivity (Wildman–Crippen MR) is 137 cm³/mol. The first kappa shape index (κ1) is 26.0. The fourth-order valence-electron chi connectivity index (χ4n) is 4.34. The maximum Gasteiger partial charge on any atom is 0.247 e. The summed E-state index contributed by atoms with van der Waals surface area (Å²) >= 11 is 1.18. The van der Waals surface area contributed by atoms with Crippen molar-refractivity contribution in [2.45, 2.75) is 58.1 Å². The third kappa shape index (κ3) is 7.43. The molecule has 34 heavy (non-hydrogen) atoms. The van der Waals surface area contributed by atoms with E-state index < -0.39 is 11.5 Å². The van der Waals surface area contributed by atoms with Crippen LogP contribution in [0.3, 0.4) is 0 Å². The number of rotatable bonds is 10. The van der Waals surface area contributed by atoms with Gasteiger partial charge in [-0.25, -0.2) is 0 Å². The first-order valence-electron chi connectivity index (χ1n) is 11.9. The van der Waals surface area contributed by atoms with E-state index in [1.54, 1.807) is 0 Å². The molecule has 1 fully saturated rings. The van der Waals surface area contributed by atoms with Gasteiger partial charge in [0.2, 0.25) is 11.8 Å². The Labute approximate surface area is 206 Å². The van der Waals surface area contributed by atoms with Crippen LogP contribution >= 0.6 is 11.8 Å². The molecule has 182 valence electrons. The first-order chi connectivity index (χ1) is 16.4. The minimum atomic E-state index is -0.737. The lowest BCUT2D eigenvalue weighted by atomic mass is 9.73. The van der Waals surface area contributed by atoms with Crippen LogP contribution in [0.5, 0.6) is 0 Å². The molecule has 3 rings (SSSR count). The Hall–Kier alpha value is -2.64. The van der Waals surface area contributed by atoms with Gasteiger partial charge in [-0.3, -0.25) is 14.4 Å². The van der Waals surface area contributed by atoms with Gasteiger partial charge in [-0.15, -0.1) is 0 Å². The van der Waals surface area contributed by atoms with Gasteiger partial charge < -0.3 is 15.4 Å². The number of thioether (sulfide) groups is 1. The van der Waals surface area contributed by atoms with Crippen LogP contribution in [-0.2, 0) is 25.5 Å². The van der Waals surface area contributed by atoms with Gasteiger partial charge in [-0.05, 0) is 50.3 Å². The van der Waals surface area contributed by atoms with Gasteiger partial charge in [-0.2, -0.15) is 0 Å². The zero-order chi connectivity index (χ0) is 24.4. The van der Waals surface area contributed by atoms with Crippen LogP contribution < -0.4 is 10.6 Å². The summed E-state index contributed by atoms with van der Waals surface area (Å²) in [5.41, 5.74) is 0.938. The second-order valence-electron chi connectivity index (χ2n) is 8.79. The molecule has 7 heteroatoms. The number of anilines is 1. The van der Waals surface area contributed by atoms with Gasteiger partial charge in [0, 0.05) is 31.4 Å². The van der Waals surface area contributed by atoms with Crippen molar-refractivity contribution >= 4 is 34.4 Å². The van der Waals surface area contributed by atoms with E-state index in [-0.39, 0.29) is 23.0 Å². The Morgan fingerprint density at radius 3 is 2.24 bits per heavy atom. The molecule has 0 unspecified atom stereocenters. The van der Waals surface area contributed by atoms with Gasteiger partial charge >= 0.3 is 0 Å². The highest BCUT2D eigenvalue weighted by Gasteiger charge is 2.43. The van der Waals surface area contributed by atoms with E-state index in [0.717, 1.165) is 18.4 Å². The van der Waals surface area contributed by atoms with Crippen molar-refractivity contribution in [2.75, 3.05) is 17.7 Å². The van der Waals surface area contributed by atoms with Crippen molar-refractivity contribution in [3.63, 3.8) is 0 Å². The van der Waals surface area contributed by atoms with Gasteiger partial charge in [0.15, 0.2) is 5.12 Å². The number of carbonyl (C=O) groups excluding carboxylic acids is 3. The number of carbonyl (C=O) groups is 3. The zero-order valence-electron chi connectivity index (χ0n) is 19.9. The lowest BCUT2D eigenvalue weighted by Gasteiger charge is -2.39. The zero-order valence-corrected chi connectivity index (χ0v) is 20.7. The Bertz CT molecular complexity index is 944. The molecule has 2 aromatic rings. The van der Waals surface area contributed by atoms with Crippen molar-refractivity contribution in [1.82, 2.24) is 5.32 Å². The Kier molecular flexibility index (Phi) is 9.72. The van der Waals surface area contributed by atoms with E-state index in [0.29, 0.717) is 37.3 Å². The van der Waals surface area contributed by atoms with Gasteiger partial charge in [-0.1, -0.05) is 60.3 Å². The highest BCUT2D eigenvalue weighted by molar-refractivity contribution is 8.13. The summed E-state index contributed by atoms with van der Waals surface area (Å²) < 4.78 is 5.78. The highest BCUT2D eigenvalue weighted by atomic mass is 32.2. The van der Waals surface area contributed by atoms with E-state index in [1.165, 1.54) is 18.7 Å². The standard InChI is InChI=1S/C27H34N2O4S/c1-3-33-23-14-16-27(17-15-23,19-34-20(2)30)26(32)29-24(18-21-10-6-4-7-11-21)25(31)28-22-12-8-5-9-13-22/h4-13,23-24H,3,14-19H2,1-2H3,(H,28,31)(H,29,32)/t23?,24-,27?/m0/s1. The lowest BCUT2D eigenvalue weighted by molar-refractivity contribution is -0.136. The number of amides is 2. The van der Waals surface area contributed by atoms with Crippen molar-refractivity contribution in [2.24, 2.45) is 5.41 Å². The molecular formula is C27H34N2O4S. The van der Waals surface area contributed by atoms with Crippen LogP contribution in [-0.4, -0.2) is 41.4 Å². The topological polar surface area (TPSA) is 84.5 Å². The fourth-order valence-corrected chi connectivity index (χ4v) is 5.24.